The van der Waals surface area contributed by atoms with E-state index in [4.69, 9.17) is 4.74 Å². The van der Waals surface area contributed by atoms with Gasteiger partial charge in [-0.1, -0.05) is 24.3 Å². The van der Waals surface area contributed by atoms with Crippen LogP contribution in [0.2, 0.25) is 0 Å². The fourth-order valence-corrected chi connectivity index (χ4v) is 2.61. The second-order valence-corrected chi connectivity index (χ2v) is 5.89. The van der Waals surface area contributed by atoms with Crippen LogP contribution in [0, 0.1) is 0 Å². The molecule has 0 saturated carbocycles. The van der Waals surface area contributed by atoms with Gasteiger partial charge in [0.05, 0.1) is 12.1 Å². The number of allylic oxidation sites excluding steroid dienone is 1. The van der Waals surface area contributed by atoms with E-state index >= 15 is 0 Å². The van der Waals surface area contributed by atoms with Crippen LogP contribution in [0.5, 0.6) is 5.75 Å². The van der Waals surface area contributed by atoms with Gasteiger partial charge in [-0.2, -0.15) is 0 Å². The number of carbonyl (C=O) groups excluding carboxylic acids is 3. The number of rotatable bonds is 6. The van der Waals surface area contributed by atoms with E-state index in [2.05, 4.69) is 6.58 Å². The van der Waals surface area contributed by atoms with Gasteiger partial charge in [-0.15, -0.1) is 0 Å². The van der Waals surface area contributed by atoms with Crippen LogP contribution in [-0.4, -0.2) is 35.6 Å². The van der Waals surface area contributed by atoms with Gasteiger partial charge in [0.2, 0.25) is 5.91 Å². The zero-order chi connectivity index (χ0) is 17.9. The minimum atomic E-state index is -0.530. The summed E-state index contributed by atoms with van der Waals surface area (Å²) in [6.45, 7) is 9.06. The van der Waals surface area contributed by atoms with Gasteiger partial charge in [0.1, 0.15) is 12.4 Å². The molecule has 5 heteroatoms. The summed E-state index contributed by atoms with van der Waals surface area (Å²) < 4.78 is 5.59. The Labute approximate surface area is 141 Å². The fraction of sp³-hybridized carbons (Fsp3) is 0.316. The summed E-state index contributed by atoms with van der Waals surface area (Å²) >= 11 is 0. The van der Waals surface area contributed by atoms with Gasteiger partial charge in [-0.05, 0) is 44.0 Å². The lowest BCUT2D eigenvalue weighted by atomic mass is 9.97. The first-order chi connectivity index (χ1) is 11.3. The molecule has 24 heavy (non-hydrogen) atoms. The normalized spacial score (nSPS) is 14.9. The van der Waals surface area contributed by atoms with Crippen molar-refractivity contribution in [3.8, 4) is 5.75 Å². The third-order valence-corrected chi connectivity index (χ3v) is 3.89. The van der Waals surface area contributed by atoms with Crippen LogP contribution in [-0.2, 0) is 14.4 Å². The van der Waals surface area contributed by atoms with Crippen molar-refractivity contribution < 1.29 is 19.1 Å². The second-order valence-electron chi connectivity index (χ2n) is 5.89. The van der Waals surface area contributed by atoms with Gasteiger partial charge in [0.15, 0.2) is 5.78 Å². The van der Waals surface area contributed by atoms with Crippen molar-refractivity contribution in [2.45, 2.75) is 27.2 Å². The Kier molecular flexibility index (Phi) is 5.34. The molecule has 0 saturated heterocycles. The lowest BCUT2D eigenvalue weighted by Crippen LogP contribution is -2.44. The number of carbonyl (C=O) groups is 3. The molecule has 1 heterocycles. The number of imide groups is 1. The van der Waals surface area contributed by atoms with Crippen molar-refractivity contribution in [1.29, 1.82) is 0 Å². The maximum Gasteiger partial charge on any atom is 0.264 e. The van der Waals surface area contributed by atoms with Crippen LogP contribution >= 0.6 is 0 Å². The van der Waals surface area contributed by atoms with Crippen molar-refractivity contribution in [1.82, 2.24) is 4.90 Å². The molecular formula is C19H21NO4. The highest BCUT2D eigenvalue weighted by atomic mass is 16.5. The molecule has 0 bridgehead atoms. The van der Waals surface area contributed by atoms with E-state index < -0.39 is 5.91 Å². The molecule has 0 spiro atoms. The minimum Gasteiger partial charge on any atom is -0.492 e. The van der Waals surface area contributed by atoms with Crippen LogP contribution < -0.4 is 4.74 Å². The Morgan fingerprint density at radius 2 is 1.83 bits per heavy atom. The number of ketones is 1. The van der Waals surface area contributed by atoms with Crippen LogP contribution in [0.15, 0.2) is 42.0 Å². The average Bonchev–Trinajstić information content (AvgIpc) is 2.50. The molecule has 0 aromatic heterocycles. The SMILES string of the molecule is C=C(C)c1ccc(OCCN2C(=O)CC(C)=C(C(C)=O)C2=O)cc1. The number of hydrogen-bond acceptors (Lipinski definition) is 4. The first kappa shape index (κ1) is 17.7. The zero-order valence-electron chi connectivity index (χ0n) is 14.2. The summed E-state index contributed by atoms with van der Waals surface area (Å²) in [4.78, 5) is 37.0. The predicted molar refractivity (Wildman–Crippen MR) is 91.4 cm³/mol. The molecule has 0 atom stereocenters. The first-order valence-corrected chi connectivity index (χ1v) is 7.75. The number of benzene rings is 1. The highest BCUT2D eigenvalue weighted by Crippen LogP contribution is 2.21. The fourth-order valence-electron chi connectivity index (χ4n) is 2.61. The van der Waals surface area contributed by atoms with Gasteiger partial charge in [-0.25, -0.2) is 0 Å². The van der Waals surface area contributed by atoms with Crippen LogP contribution in [0.1, 0.15) is 32.8 Å². The van der Waals surface area contributed by atoms with Gasteiger partial charge >= 0.3 is 0 Å². The Balaban J connectivity index is 1.99. The number of amides is 2. The number of nitrogens with zero attached hydrogens (tertiary/aromatic N) is 1. The molecule has 0 aliphatic carbocycles. The van der Waals surface area contributed by atoms with E-state index in [0.717, 1.165) is 16.0 Å². The van der Waals surface area contributed by atoms with E-state index in [9.17, 15) is 14.4 Å². The monoisotopic (exact) mass is 327 g/mol. The zero-order valence-corrected chi connectivity index (χ0v) is 14.2. The average molecular weight is 327 g/mol. The summed E-state index contributed by atoms with van der Waals surface area (Å²) in [6, 6.07) is 7.42. The van der Waals surface area contributed by atoms with E-state index in [1.54, 1.807) is 6.92 Å². The summed E-state index contributed by atoms with van der Waals surface area (Å²) in [5.74, 6) is -0.497. The van der Waals surface area contributed by atoms with Crippen molar-refractivity contribution in [3.05, 3.63) is 47.6 Å². The van der Waals surface area contributed by atoms with Gasteiger partial charge < -0.3 is 4.74 Å². The molecule has 2 amide bonds. The minimum absolute atomic E-state index is 0.0912. The summed E-state index contributed by atoms with van der Waals surface area (Å²) in [5, 5.41) is 0. The Morgan fingerprint density at radius 3 is 2.38 bits per heavy atom. The lowest BCUT2D eigenvalue weighted by molar-refractivity contribution is -0.144. The molecule has 5 nitrogen and oxygen atoms in total. The maximum atomic E-state index is 12.3. The Morgan fingerprint density at radius 1 is 1.21 bits per heavy atom. The molecule has 0 unspecified atom stereocenters. The van der Waals surface area contributed by atoms with Crippen molar-refractivity contribution in [2.75, 3.05) is 13.2 Å². The molecule has 0 N–H and O–H groups in total. The van der Waals surface area contributed by atoms with E-state index in [1.807, 2.05) is 31.2 Å². The second kappa shape index (κ2) is 7.25. The molecule has 1 aliphatic heterocycles. The number of Topliss-reactive ketones (excluding diaryl/α,β-unsaturated/α-hetero) is 1. The van der Waals surface area contributed by atoms with Gasteiger partial charge in [-0.3, -0.25) is 19.3 Å². The molecule has 1 aromatic rings. The number of ether oxygens (including phenoxy) is 1. The largest absolute Gasteiger partial charge is 0.492 e. The predicted octanol–water partition coefficient (Wildman–Crippen LogP) is 2.76. The summed E-state index contributed by atoms with van der Waals surface area (Å²) in [5.41, 5.74) is 2.63. The van der Waals surface area contributed by atoms with Crippen molar-refractivity contribution in [3.63, 3.8) is 0 Å². The first-order valence-electron chi connectivity index (χ1n) is 7.75. The van der Waals surface area contributed by atoms with E-state index in [0.29, 0.717) is 11.3 Å². The topological polar surface area (TPSA) is 63.7 Å². The van der Waals surface area contributed by atoms with Crippen molar-refractivity contribution >= 4 is 23.2 Å². The molecule has 2 rings (SSSR count). The van der Waals surface area contributed by atoms with Gasteiger partial charge in [0, 0.05) is 6.42 Å². The Hall–Kier alpha value is -2.69. The molecule has 126 valence electrons. The highest BCUT2D eigenvalue weighted by Gasteiger charge is 2.33. The third-order valence-electron chi connectivity index (χ3n) is 3.89. The quantitative estimate of drug-likeness (QED) is 0.595. The molecular weight excluding hydrogens is 306 g/mol. The highest BCUT2D eigenvalue weighted by molar-refractivity contribution is 6.24. The standard InChI is InChI=1S/C19H21NO4/c1-12(2)15-5-7-16(8-6-15)24-10-9-20-17(22)11-13(3)18(14(4)21)19(20)23/h5-8H,1,9-11H2,2-4H3. The molecule has 0 fully saturated rings. The molecule has 0 radical (unpaired) electrons. The summed E-state index contributed by atoms with van der Waals surface area (Å²) in [6.07, 6.45) is 0.0912. The molecule has 1 aromatic carbocycles. The molecule has 1 aliphatic rings. The summed E-state index contributed by atoms with van der Waals surface area (Å²) in [7, 11) is 0. The third kappa shape index (κ3) is 3.79. The van der Waals surface area contributed by atoms with Crippen molar-refractivity contribution in [2.24, 2.45) is 0 Å². The van der Waals surface area contributed by atoms with E-state index in [1.165, 1.54) is 6.92 Å². The Bertz CT molecular complexity index is 728. The van der Waals surface area contributed by atoms with Crippen LogP contribution in [0.3, 0.4) is 0 Å². The van der Waals surface area contributed by atoms with Crippen LogP contribution in [0.25, 0.3) is 5.57 Å². The van der Waals surface area contributed by atoms with Gasteiger partial charge in [0.25, 0.3) is 5.91 Å². The maximum absolute atomic E-state index is 12.3. The number of hydrogen-bond donors (Lipinski definition) is 0. The van der Waals surface area contributed by atoms with E-state index in [-0.39, 0.29) is 36.8 Å². The lowest BCUT2D eigenvalue weighted by Gasteiger charge is -2.26. The smallest absolute Gasteiger partial charge is 0.264 e. The van der Waals surface area contributed by atoms with Crippen LogP contribution in [0.4, 0.5) is 0 Å².